The number of carbonyl (C=O) groups is 2. The van der Waals surface area contributed by atoms with Crippen molar-refractivity contribution in [3.05, 3.63) is 98.9 Å². The maximum absolute atomic E-state index is 13.4. The summed E-state index contributed by atoms with van der Waals surface area (Å²) in [5, 5.41) is 5.34. The highest BCUT2D eigenvalue weighted by atomic mass is 32.1. The molecule has 2 aromatic carbocycles. The highest BCUT2D eigenvalue weighted by Crippen LogP contribution is 2.34. The molecule has 33 heavy (non-hydrogen) atoms. The van der Waals surface area contributed by atoms with Gasteiger partial charge in [0.15, 0.2) is 0 Å². The maximum Gasteiger partial charge on any atom is 0.223 e. The Balaban J connectivity index is 1.41. The Morgan fingerprint density at radius 3 is 2.67 bits per heavy atom. The first-order chi connectivity index (χ1) is 16.1. The van der Waals surface area contributed by atoms with E-state index in [-0.39, 0.29) is 30.3 Å². The minimum Gasteiger partial charge on any atom is -0.344 e. The molecule has 2 unspecified atom stereocenters. The van der Waals surface area contributed by atoms with E-state index in [1.54, 1.807) is 29.4 Å². The second-order valence-electron chi connectivity index (χ2n) is 8.84. The van der Waals surface area contributed by atoms with E-state index < -0.39 is 0 Å². The molecule has 0 fully saturated rings. The van der Waals surface area contributed by atoms with Gasteiger partial charge in [0.1, 0.15) is 0 Å². The van der Waals surface area contributed by atoms with Crippen LogP contribution in [0.2, 0.25) is 0 Å². The summed E-state index contributed by atoms with van der Waals surface area (Å²) in [5.74, 6) is -0.129. The van der Waals surface area contributed by atoms with Crippen molar-refractivity contribution in [3.8, 4) is 0 Å². The summed E-state index contributed by atoms with van der Waals surface area (Å²) in [7, 11) is 0. The number of nitrogens with one attached hydrogen (secondary N) is 1. The Morgan fingerprint density at radius 2 is 1.88 bits per heavy atom. The predicted molar refractivity (Wildman–Crippen MR) is 133 cm³/mol. The van der Waals surface area contributed by atoms with Crippen LogP contribution in [-0.4, -0.2) is 16.7 Å². The van der Waals surface area contributed by atoms with E-state index >= 15 is 0 Å². The molecule has 4 nitrogen and oxygen atoms in total. The molecule has 2 aliphatic rings. The summed E-state index contributed by atoms with van der Waals surface area (Å²) >= 11 is 1.65. The molecule has 1 aromatic heterocycles. The average molecular weight is 457 g/mol. The van der Waals surface area contributed by atoms with Crippen molar-refractivity contribution in [1.29, 1.82) is 0 Å². The van der Waals surface area contributed by atoms with E-state index in [9.17, 15) is 9.59 Å². The molecule has 5 heteroatoms. The number of hydrogen-bond acceptors (Lipinski definition) is 3. The minimum atomic E-state index is -0.309. The number of amides is 2. The van der Waals surface area contributed by atoms with Crippen molar-refractivity contribution < 1.29 is 9.59 Å². The van der Waals surface area contributed by atoms with E-state index in [2.05, 4.69) is 29.6 Å². The minimum absolute atomic E-state index is 0.0625. The zero-order valence-corrected chi connectivity index (χ0v) is 19.6. The third kappa shape index (κ3) is 4.51. The zero-order chi connectivity index (χ0) is 22.8. The van der Waals surface area contributed by atoms with Gasteiger partial charge in [-0.15, -0.1) is 11.3 Å². The van der Waals surface area contributed by atoms with Gasteiger partial charge in [0.05, 0.1) is 18.5 Å². The zero-order valence-electron chi connectivity index (χ0n) is 18.8. The van der Waals surface area contributed by atoms with Crippen molar-refractivity contribution in [3.63, 3.8) is 0 Å². The lowest BCUT2D eigenvalue weighted by Crippen LogP contribution is -2.36. The van der Waals surface area contributed by atoms with Gasteiger partial charge in [-0.05, 0) is 71.0 Å². The summed E-state index contributed by atoms with van der Waals surface area (Å²) in [5.41, 5.74) is 6.02. The largest absolute Gasteiger partial charge is 0.344 e. The van der Waals surface area contributed by atoms with Crippen LogP contribution in [0.5, 0.6) is 0 Å². The van der Waals surface area contributed by atoms with Crippen molar-refractivity contribution in [1.82, 2.24) is 10.2 Å². The average Bonchev–Trinajstić information content (AvgIpc) is 3.37. The molecule has 0 bridgehead atoms. The lowest BCUT2D eigenvalue weighted by Gasteiger charge is -2.32. The Bertz CT molecular complexity index is 1200. The van der Waals surface area contributed by atoms with Gasteiger partial charge in [-0.3, -0.25) is 9.59 Å². The molecule has 0 saturated carbocycles. The lowest BCUT2D eigenvalue weighted by atomic mass is 9.88. The molecule has 1 N–H and O–H groups in total. The van der Waals surface area contributed by atoms with Crippen molar-refractivity contribution >= 4 is 29.2 Å². The van der Waals surface area contributed by atoms with Gasteiger partial charge in [-0.1, -0.05) is 48.5 Å². The van der Waals surface area contributed by atoms with Gasteiger partial charge in [-0.25, -0.2) is 0 Å². The normalized spacial score (nSPS) is 17.7. The predicted octanol–water partition coefficient (Wildman–Crippen LogP) is 5.80. The van der Waals surface area contributed by atoms with Crippen LogP contribution in [0.25, 0.3) is 6.08 Å². The number of rotatable bonds is 5. The van der Waals surface area contributed by atoms with Gasteiger partial charge in [0, 0.05) is 18.0 Å². The Hall–Kier alpha value is -3.18. The van der Waals surface area contributed by atoms with Crippen LogP contribution in [0.15, 0.2) is 66.2 Å². The first-order valence-electron chi connectivity index (χ1n) is 11.6. The van der Waals surface area contributed by atoms with Crippen molar-refractivity contribution in [2.75, 3.05) is 0 Å². The SMILES string of the molecule is CC(=O)N1C=Cc2ccccc2C1CC(=O)NC(c1ccc2c(c1)CCCC2)c1cccs1. The fourth-order valence-corrected chi connectivity index (χ4v) is 5.82. The second kappa shape index (κ2) is 9.36. The highest BCUT2D eigenvalue weighted by molar-refractivity contribution is 7.10. The lowest BCUT2D eigenvalue weighted by molar-refractivity contribution is -0.130. The number of fused-ring (bicyclic) bond motifs is 2. The molecule has 5 rings (SSSR count). The number of aryl methyl sites for hydroxylation is 2. The summed E-state index contributed by atoms with van der Waals surface area (Å²) in [6.45, 7) is 1.55. The number of carbonyl (C=O) groups excluding carboxylic acids is 2. The highest BCUT2D eigenvalue weighted by Gasteiger charge is 2.29. The van der Waals surface area contributed by atoms with Gasteiger partial charge in [-0.2, -0.15) is 0 Å². The van der Waals surface area contributed by atoms with Crippen LogP contribution in [0.1, 0.15) is 71.0 Å². The first kappa shape index (κ1) is 21.7. The third-order valence-electron chi connectivity index (χ3n) is 6.69. The fraction of sp³-hybridized carbons (Fsp3) is 0.286. The molecular weight excluding hydrogens is 428 g/mol. The second-order valence-corrected chi connectivity index (χ2v) is 9.82. The van der Waals surface area contributed by atoms with E-state index in [0.717, 1.165) is 34.4 Å². The van der Waals surface area contributed by atoms with Crippen molar-refractivity contribution in [2.45, 2.75) is 51.1 Å². The van der Waals surface area contributed by atoms with Gasteiger partial charge >= 0.3 is 0 Å². The fourth-order valence-electron chi connectivity index (χ4n) is 5.02. The smallest absolute Gasteiger partial charge is 0.223 e. The van der Waals surface area contributed by atoms with Crippen LogP contribution in [0.4, 0.5) is 0 Å². The summed E-state index contributed by atoms with van der Waals surface area (Å²) < 4.78 is 0. The molecule has 0 radical (unpaired) electrons. The third-order valence-corrected chi connectivity index (χ3v) is 7.62. The van der Waals surface area contributed by atoms with Gasteiger partial charge in [0.25, 0.3) is 0 Å². The molecule has 3 aromatic rings. The first-order valence-corrected chi connectivity index (χ1v) is 12.5. The summed E-state index contributed by atoms with van der Waals surface area (Å²) in [6, 6.07) is 18.2. The Morgan fingerprint density at radius 1 is 1.06 bits per heavy atom. The van der Waals surface area contributed by atoms with E-state index in [4.69, 9.17) is 0 Å². The molecule has 2 amide bonds. The van der Waals surface area contributed by atoms with Gasteiger partial charge < -0.3 is 10.2 Å². The molecule has 1 aliphatic carbocycles. The topological polar surface area (TPSA) is 49.4 Å². The Labute approximate surface area is 198 Å². The Kier molecular flexibility index (Phi) is 6.14. The molecule has 2 heterocycles. The van der Waals surface area contributed by atoms with Crippen LogP contribution in [-0.2, 0) is 22.4 Å². The standard InChI is InChI=1S/C28H28N2O2S/c1-19(31)30-15-14-21-8-4-5-10-24(21)25(30)18-27(32)29-28(26-11-6-16-33-26)23-13-12-20-7-2-3-9-22(20)17-23/h4-6,8,10-17,25,28H,2-3,7,9,18H2,1H3,(H,29,32). The van der Waals surface area contributed by atoms with Crippen LogP contribution in [0.3, 0.4) is 0 Å². The summed E-state index contributed by atoms with van der Waals surface area (Å²) in [6.07, 6.45) is 8.67. The maximum atomic E-state index is 13.4. The summed E-state index contributed by atoms with van der Waals surface area (Å²) in [4.78, 5) is 28.5. The molecule has 2 atom stereocenters. The number of hydrogen-bond donors (Lipinski definition) is 1. The number of benzene rings is 2. The molecule has 1 aliphatic heterocycles. The monoisotopic (exact) mass is 456 g/mol. The van der Waals surface area contributed by atoms with E-state index in [0.29, 0.717) is 0 Å². The van der Waals surface area contributed by atoms with Crippen molar-refractivity contribution in [2.24, 2.45) is 0 Å². The molecular formula is C28H28N2O2S. The van der Waals surface area contributed by atoms with Crippen LogP contribution in [0, 0.1) is 0 Å². The van der Waals surface area contributed by atoms with Gasteiger partial charge in [0.2, 0.25) is 11.8 Å². The van der Waals surface area contributed by atoms with E-state index in [1.165, 1.54) is 24.0 Å². The van der Waals surface area contributed by atoms with Crippen LogP contribution < -0.4 is 5.32 Å². The van der Waals surface area contributed by atoms with E-state index in [1.807, 2.05) is 41.8 Å². The number of nitrogens with zero attached hydrogens (tertiary/aromatic N) is 1. The quantitative estimate of drug-likeness (QED) is 0.528. The van der Waals surface area contributed by atoms with Crippen LogP contribution >= 0.6 is 11.3 Å². The number of thiophene rings is 1. The molecule has 168 valence electrons. The molecule has 0 spiro atoms. The molecule has 0 saturated heterocycles.